The summed E-state index contributed by atoms with van der Waals surface area (Å²) in [6, 6.07) is 5.89. The Bertz CT molecular complexity index is 440. The largest absolute Gasteiger partial charge is 0.493 e. The molecule has 0 saturated heterocycles. The minimum Gasteiger partial charge on any atom is -0.493 e. The van der Waals surface area contributed by atoms with Gasteiger partial charge >= 0.3 is 0 Å². The molecule has 1 aromatic rings. The molecule has 0 amide bonds. The van der Waals surface area contributed by atoms with Gasteiger partial charge in [0.15, 0.2) is 11.5 Å². The highest BCUT2D eigenvalue weighted by molar-refractivity contribution is 5.43. The topological polar surface area (TPSA) is 64.7 Å². The SMILES string of the molecule is COc1ccc(CC(C)(CCO)C(C)(C)N)cc1OC. The van der Waals surface area contributed by atoms with Crippen molar-refractivity contribution in [1.29, 1.82) is 0 Å². The monoisotopic (exact) mass is 281 g/mol. The van der Waals surface area contributed by atoms with Crippen molar-refractivity contribution in [1.82, 2.24) is 0 Å². The highest BCUT2D eigenvalue weighted by Crippen LogP contribution is 2.38. The molecule has 0 saturated carbocycles. The third kappa shape index (κ3) is 3.64. The third-order valence-electron chi connectivity index (χ3n) is 4.26. The van der Waals surface area contributed by atoms with Crippen molar-refractivity contribution >= 4 is 0 Å². The lowest BCUT2D eigenvalue weighted by molar-refractivity contribution is 0.119. The number of aliphatic hydroxyl groups is 1. The van der Waals surface area contributed by atoms with E-state index in [1.165, 1.54) is 0 Å². The van der Waals surface area contributed by atoms with E-state index in [4.69, 9.17) is 15.2 Å². The Balaban J connectivity index is 3.06. The van der Waals surface area contributed by atoms with E-state index in [9.17, 15) is 5.11 Å². The summed E-state index contributed by atoms with van der Waals surface area (Å²) in [4.78, 5) is 0. The van der Waals surface area contributed by atoms with Gasteiger partial charge in [0.05, 0.1) is 14.2 Å². The lowest BCUT2D eigenvalue weighted by atomic mass is 9.67. The summed E-state index contributed by atoms with van der Waals surface area (Å²) in [6.07, 6.45) is 1.43. The molecule has 4 heteroatoms. The molecule has 0 fully saturated rings. The maximum Gasteiger partial charge on any atom is 0.160 e. The number of hydrogen-bond donors (Lipinski definition) is 2. The molecule has 0 spiro atoms. The summed E-state index contributed by atoms with van der Waals surface area (Å²) in [6.45, 7) is 6.25. The van der Waals surface area contributed by atoms with Crippen molar-refractivity contribution < 1.29 is 14.6 Å². The molecule has 20 heavy (non-hydrogen) atoms. The van der Waals surface area contributed by atoms with Gasteiger partial charge in [-0.2, -0.15) is 0 Å². The van der Waals surface area contributed by atoms with E-state index in [2.05, 4.69) is 6.92 Å². The Morgan fingerprint density at radius 3 is 2.15 bits per heavy atom. The number of aliphatic hydroxyl groups excluding tert-OH is 1. The van der Waals surface area contributed by atoms with Gasteiger partial charge in [0.2, 0.25) is 0 Å². The van der Waals surface area contributed by atoms with Crippen LogP contribution < -0.4 is 15.2 Å². The molecule has 114 valence electrons. The highest BCUT2D eigenvalue weighted by atomic mass is 16.5. The molecular formula is C16H27NO3. The van der Waals surface area contributed by atoms with Crippen LogP contribution in [0.2, 0.25) is 0 Å². The van der Waals surface area contributed by atoms with Gasteiger partial charge in [0.1, 0.15) is 0 Å². The van der Waals surface area contributed by atoms with Crippen molar-refractivity contribution in [2.24, 2.45) is 11.1 Å². The molecule has 1 unspecified atom stereocenters. The zero-order valence-electron chi connectivity index (χ0n) is 13.2. The molecule has 0 aromatic heterocycles. The first kappa shape index (κ1) is 16.8. The van der Waals surface area contributed by atoms with Crippen LogP contribution >= 0.6 is 0 Å². The van der Waals surface area contributed by atoms with E-state index >= 15 is 0 Å². The van der Waals surface area contributed by atoms with E-state index in [-0.39, 0.29) is 17.6 Å². The summed E-state index contributed by atoms with van der Waals surface area (Å²) >= 11 is 0. The predicted octanol–water partition coefficient (Wildman–Crippen LogP) is 2.37. The molecule has 1 rings (SSSR count). The van der Waals surface area contributed by atoms with Crippen LogP contribution in [0.15, 0.2) is 18.2 Å². The lowest BCUT2D eigenvalue weighted by Crippen LogP contribution is -2.50. The van der Waals surface area contributed by atoms with Crippen molar-refractivity contribution in [3.05, 3.63) is 23.8 Å². The Labute approximate surface area is 121 Å². The van der Waals surface area contributed by atoms with E-state index in [0.717, 1.165) is 12.0 Å². The zero-order chi connectivity index (χ0) is 15.4. The van der Waals surface area contributed by atoms with E-state index in [1.807, 2.05) is 32.0 Å². The van der Waals surface area contributed by atoms with Gasteiger partial charge in [0, 0.05) is 12.1 Å². The molecule has 1 atom stereocenters. The maximum atomic E-state index is 9.33. The van der Waals surface area contributed by atoms with Crippen molar-refractivity contribution in [2.75, 3.05) is 20.8 Å². The standard InChI is InChI=1S/C16H27NO3/c1-15(2,17)16(3,8-9-18)11-12-6-7-13(19-4)14(10-12)20-5/h6-7,10,18H,8-9,11,17H2,1-5H3. The molecule has 1 aromatic carbocycles. The van der Waals surface area contributed by atoms with Crippen LogP contribution in [0, 0.1) is 5.41 Å². The van der Waals surface area contributed by atoms with Gasteiger partial charge in [-0.1, -0.05) is 13.0 Å². The number of nitrogens with two attached hydrogens (primary N) is 1. The Hall–Kier alpha value is -1.26. The normalized spacial score (nSPS) is 14.8. The van der Waals surface area contributed by atoms with Gasteiger partial charge < -0.3 is 20.3 Å². The number of methoxy groups -OCH3 is 2. The Morgan fingerprint density at radius 1 is 1.10 bits per heavy atom. The molecule has 3 N–H and O–H groups in total. The molecule has 0 aliphatic heterocycles. The Morgan fingerprint density at radius 2 is 1.70 bits per heavy atom. The van der Waals surface area contributed by atoms with Gasteiger partial charge in [-0.25, -0.2) is 0 Å². The fraction of sp³-hybridized carbons (Fsp3) is 0.625. The first-order chi connectivity index (χ1) is 9.27. The second-order valence-corrected chi connectivity index (χ2v) is 6.12. The molecule has 0 heterocycles. The summed E-state index contributed by atoms with van der Waals surface area (Å²) < 4.78 is 10.6. The highest BCUT2D eigenvalue weighted by Gasteiger charge is 2.37. The molecule has 0 aliphatic rings. The predicted molar refractivity (Wildman–Crippen MR) is 81.3 cm³/mol. The maximum absolute atomic E-state index is 9.33. The lowest BCUT2D eigenvalue weighted by Gasteiger charge is -2.42. The van der Waals surface area contributed by atoms with Gasteiger partial charge in [-0.15, -0.1) is 0 Å². The summed E-state index contributed by atoms with van der Waals surface area (Å²) in [5.74, 6) is 1.43. The van der Waals surface area contributed by atoms with Crippen LogP contribution in [0.25, 0.3) is 0 Å². The molecular weight excluding hydrogens is 254 g/mol. The van der Waals surface area contributed by atoms with Gasteiger partial charge in [-0.05, 0) is 49.8 Å². The van der Waals surface area contributed by atoms with Crippen LogP contribution in [-0.2, 0) is 6.42 Å². The fourth-order valence-corrected chi connectivity index (χ4v) is 2.33. The minimum atomic E-state index is -0.386. The van der Waals surface area contributed by atoms with Crippen LogP contribution in [0.4, 0.5) is 0 Å². The third-order valence-corrected chi connectivity index (χ3v) is 4.26. The Kier molecular flexibility index (Phi) is 5.42. The van der Waals surface area contributed by atoms with Crippen LogP contribution in [0.1, 0.15) is 32.8 Å². The number of ether oxygens (including phenoxy) is 2. The summed E-state index contributed by atoms with van der Waals surface area (Å²) in [5, 5.41) is 9.33. The molecule has 0 aliphatic carbocycles. The quantitative estimate of drug-likeness (QED) is 0.805. The average molecular weight is 281 g/mol. The first-order valence-electron chi connectivity index (χ1n) is 6.88. The van der Waals surface area contributed by atoms with Crippen LogP contribution in [0.3, 0.4) is 0 Å². The van der Waals surface area contributed by atoms with E-state index in [1.54, 1.807) is 14.2 Å². The van der Waals surface area contributed by atoms with Gasteiger partial charge in [0.25, 0.3) is 0 Å². The summed E-state index contributed by atoms with van der Waals surface area (Å²) in [5.41, 5.74) is 6.85. The zero-order valence-corrected chi connectivity index (χ0v) is 13.2. The second kappa shape index (κ2) is 6.46. The van der Waals surface area contributed by atoms with Crippen molar-refractivity contribution in [3.8, 4) is 11.5 Å². The molecule has 0 radical (unpaired) electrons. The average Bonchev–Trinajstić information content (AvgIpc) is 2.37. The minimum absolute atomic E-state index is 0.129. The summed E-state index contributed by atoms with van der Waals surface area (Å²) in [7, 11) is 3.25. The fourth-order valence-electron chi connectivity index (χ4n) is 2.33. The van der Waals surface area contributed by atoms with Crippen molar-refractivity contribution in [3.63, 3.8) is 0 Å². The van der Waals surface area contributed by atoms with E-state index < -0.39 is 0 Å². The number of rotatable bonds is 7. The second-order valence-electron chi connectivity index (χ2n) is 6.12. The first-order valence-corrected chi connectivity index (χ1v) is 6.88. The van der Waals surface area contributed by atoms with Crippen LogP contribution in [0.5, 0.6) is 11.5 Å². The molecule has 0 bridgehead atoms. The smallest absolute Gasteiger partial charge is 0.160 e. The van der Waals surface area contributed by atoms with Crippen molar-refractivity contribution in [2.45, 2.75) is 39.2 Å². The number of benzene rings is 1. The van der Waals surface area contributed by atoms with Crippen LogP contribution in [-0.4, -0.2) is 31.5 Å². The van der Waals surface area contributed by atoms with Gasteiger partial charge in [-0.3, -0.25) is 0 Å². The van der Waals surface area contributed by atoms with E-state index in [0.29, 0.717) is 17.9 Å². The number of hydrogen-bond acceptors (Lipinski definition) is 4. The molecule has 4 nitrogen and oxygen atoms in total.